The van der Waals surface area contributed by atoms with Crippen molar-refractivity contribution in [1.29, 1.82) is 0 Å². The van der Waals surface area contributed by atoms with E-state index in [-0.39, 0.29) is 41.9 Å². The molecular weight excluding hydrogens is 278 g/mol. The van der Waals surface area contributed by atoms with Crippen LogP contribution in [0.2, 0.25) is 0 Å². The van der Waals surface area contributed by atoms with Crippen LogP contribution >= 0.6 is 0 Å². The molecule has 0 radical (unpaired) electrons. The van der Waals surface area contributed by atoms with Crippen LogP contribution in [0.5, 0.6) is 0 Å². The molecule has 8 nitrogen and oxygen atoms in total. The highest BCUT2D eigenvalue weighted by Crippen LogP contribution is 2.28. The Morgan fingerprint density at radius 3 is 2.57 bits per heavy atom. The zero-order chi connectivity index (χ0) is 16.0. The van der Waals surface area contributed by atoms with E-state index in [1.54, 1.807) is 0 Å². The maximum absolute atomic E-state index is 11.5. The van der Waals surface area contributed by atoms with Crippen LogP contribution in [0.1, 0.15) is 30.6 Å². The molecule has 21 heavy (non-hydrogen) atoms. The highest BCUT2D eigenvalue weighted by atomic mass is 16.6. The number of carboxylic acids is 1. The fourth-order valence-corrected chi connectivity index (χ4v) is 1.75. The summed E-state index contributed by atoms with van der Waals surface area (Å²) in [5.74, 6) is -1.49. The second kappa shape index (κ2) is 7.22. The summed E-state index contributed by atoms with van der Waals surface area (Å²) in [7, 11) is 0. The van der Waals surface area contributed by atoms with Crippen molar-refractivity contribution in [3.63, 3.8) is 0 Å². The Labute approximate surface area is 121 Å². The Hall–Kier alpha value is -2.64. The average Bonchev–Trinajstić information content (AvgIpc) is 2.37. The van der Waals surface area contributed by atoms with Crippen LogP contribution < -0.4 is 10.6 Å². The summed E-state index contributed by atoms with van der Waals surface area (Å²) in [6.45, 7) is 3.73. The smallest absolute Gasteiger partial charge is 0.338 e. The number of nitrogens with zero attached hydrogens (tertiary/aromatic N) is 1. The molecule has 0 atom stereocenters. The molecule has 1 aromatic rings. The maximum Gasteiger partial charge on any atom is 0.338 e. The van der Waals surface area contributed by atoms with Crippen LogP contribution in [-0.4, -0.2) is 34.5 Å². The number of benzene rings is 1. The predicted octanol–water partition coefficient (Wildman–Crippen LogP) is 1.62. The largest absolute Gasteiger partial charge is 0.478 e. The number of rotatable bonds is 7. The standard InChI is InChI=1S/C13H17N3O5/c1-8(2)15-11(17)6-7-14-12-9(13(18)19)4-3-5-10(12)16(20)21/h3-5,8,14H,6-7H2,1-2H3,(H,15,17)(H,18,19). The normalized spacial score (nSPS) is 10.2. The van der Waals surface area contributed by atoms with Crippen LogP contribution in [0.4, 0.5) is 11.4 Å². The molecule has 0 unspecified atom stereocenters. The number of hydrogen-bond donors (Lipinski definition) is 3. The Bertz CT molecular complexity index is 524. The number of para-hydroxylation sites is 1. The highest BCUT2D eigenvalue weighted by molar-refractivity contribution is 5.96. The second-order valence-electron chi connectivity index (χ2n) is 4.66. The lowest BCUT2D eigenvalue weighted by molar-refractivity contribution is -0.384. The Morgan fingerprint density at radius 1 is 1.38 bits per heavy atom. The third-order valence-corrected chi connectivity index (χ3v) is 2.57. The minimum absolute atomic E-state index is 0.00172. The first kappa shape index (κ1) is 16.4. The molecule has 1 aromatic carbocycles. The van der Waals surface area contributed by atoms with Gasteiger partial charge in [0.2, 0.25) is 5.91 Å². The quantitative estimate of drug-likeness (QED) is 0.519. The number of carboxylic acid groups (broad SMARTS) is 1. The van der Waals surface area contributed by atoms with Gasteiger partial charge in [-0.1, -0.05) is 6.07 Å². The third-order valence-electron chi connectivity index (χ3n) is 2.57. The highest BCUT2D eigenvalue weighted by Gasteiger charge is 2.21. The van der Waals surface area contributed by atoms with Crippen molar-refractivity contribution in [3.05, 3.63) is 33.9 Å². The van der Waals surface area contributed by atoms with E-state index in [1.807, 2.05) is 13.8 Å². The molecule has 0 heterocycles. The number of anilines is 1. The molecule has 114 valence electrons. The Kier molecular flexibility index (Phi) is 5.65. The fraction of sp³-hybridized carbons (Fsp3) is 0.385. The van der Waals surface area contributed by atoms with Gasteiger partial charge in [0.05, 0.1) is 10.5 Å². The minimum Gasteiger partial charge on any atom is -0.478 e. The molecule has 1 amide bonds. The van der Waals surface area contributed by atoms with E-state index in [9.17, 15) is 19.7 Å². The van der Waals surface area contributed by atoms with Gasteiger partial charge in [0, 0.05) is 25.1 Å². The summed E-state index contributed by atoms with van der Waals surface area (Å²) < 4.78 is 0. The summed E-state index contributed by atoms with van der Waals surface area (Å²) in [5.41, 5.74) is -0.625. The van der Waals surface area contributed by atoms with Crippen LogP contribution in [0.3, 0.4) is 0 Å². The van der Waals surface area contributed by atoms with Gasteiger partial charge in [0.25, 0.3) is 5.69 Å². The zero-order valence-electron chi connectivity index (χ0n) is 11.8. The van der Waals surface area contributed by atoms with Gasteiger partial charge in [-0.3, -0.25) is 14.9 Å². The average molecular weight is 295 g/mol. The molecule has 0 aromatic heterocycles. The van der Waals surface area contributed by atoms with E-state index in [2.05, 4.69) is 10.6 Å². The summed E-state index contributed by atoms with van der Waals surface area (Å²) in [6, 6.07) is 3.78. The van der Waals surface area contributed by atoms with E-state index in [1.165, 1.54) is 18.2 Å². The van der Waals surface area contributed by atoms with Crippen molar-refractivity contribution in [2.24, 2.45) is 0 Å². The number of carbonyl (C=O) groups is 2. The first-order chi connectivity index (χ1) is 9.82. The van der Waals surface area contributed by atoms with Gasteiger partial charge < -0.3 is 15.7 Å². The molecule has 0 saturated carbocycles. The van der Waals surface area contributed by atoms with Crippen LogP contribution in [0.25, 0.3) is 0 Å². The topological polar surface area (TPSA) is 122 Å². The summed E-state index contributed by atoms with van der Waals surface area (Å²) in [6.07, 6.45) is 0.0866. The molecule has 0 saturated heterocycles. The Balaban J connectivity index is 2.84. The first-order valence-electron chi connectivity index (χ1n) is 6.37. The molecule has 8 heteroatoms. The SMILES string of the molecule is CC(C)NC(=O)CCNc1c(C(=O)O)cccc1[N+](=O)[O-]. The molecular formula is C13H17N3O5. The molecule has 0 fully saturated rings. The number of nitrogens with one attached hydrogen (secondary N) is 2. The molecule has 0 bridgehead atoms. The first-order valence-corrected chi connectivity index (χ1v) is 6.37. The third kappa shape index (κ3) is 4.75. The van der Waals surface area contributed by atoms with E-state index in [0.29, 0.717) is 0 Å². The lowest BCUT2D eigenvalue weighted by Crippen LogP contribution is -2.31. The van der Waals surface area contributed by atoms with Gasteiger partial charge in [0.1, 0.15) is 5.69 Å². The van der Waals surface area contributed by atoms with E-state index >= 15 is 0 Å². The van der Waals surface area contributed by atoms with Gasteiger partial charge in [0.15, 0.2) is 0 Å². The molecule has 3 N–H and O–H groups in total. The number of carbonyl (C=O) groups excluding carboxylic acids is 1. The van der Waals surface area contributed by atoms with E-state index < -0.39 is 10.9 Å². The fourth-order valence-electron chi connectivity index (χ4n) is 1.75. The number of aromatic carboxylic acids is 1. The van der Waals surface area contributed by atoms with Crippen molar-refractivity contribution < 1.29 is 19.6 Å². The lowest BCUT2D eigenvalue weighted by Gasteiger charge is -2.11. The molecule has 0 aliphatic heterocycles. The lowest BCUT2D eigenvalue weighted by atomic mass is 10.1. The molecule has 0 aliphatic rings. The zero-order valence-corrected chi connectivity index (χ0v) is 11.8. The van der Waals surface area contributed by atoms with Gasteiger partial charge in [-0.25, -0.2) is 4.79 Å². The van der Waals surface area contributed by atoms with Gasteiger partial charge in [-0.2, -0.15) is 0 Å². The second-order valence-corrected chi connectivity index (χ2v) is 4.66. The van der Waals surface area contributed by atoms with Gasteiger partial charge in [-0.05, 0) is 19.9 Å². The van der Waals surface area contributed by atoms with Crippen LogP contribution in [-0.2, 0) is 4.79 Å². The molecule has 0 aliphatic carbocycles. The predicted molar refractivity (Wildman–Crippen MR) is 76.4 cm³/mol. The monoisotopic (exact) mass is 295 g/mol. The number of amides is 1. The van der Waals surface area contributed by atoms with Crippen LogP contribution in [0.15, 0.2) is 18.2 Å². The van der Waals surface area contributed by atoms with Gasteiger partial charge in [-0.15, -0.1) is 0 Å². The summed E-state index contributed by atoms with van der Waals surface area (Å²) >= 11 is 0. The van der Waals surface area contributed by atoms with Crippen molar-refractivity contribution in [1.82, 2.24) is 5.32 Å². The summed E-state index contributed by atoms with van der Waals surface area (Å²) in [4.78, 5) is 32.8. The van der Waals surface area contributed by atoms with Crippen molar-refractivity contribution in [3.8, 4) is 0 Å². The molecule has 1 rings (SSSR count). The van der Waals surface area contributed by atoms with Gasteiger partial charge >= 0.3 is 5.97 Å². The van der Waals surface area contributed by atoms with E-state index in [4.69, 9.17) is 5.11 Å². The van der Waals surface area contributed by atoms with Crippen LogP contribution in [0, 0.1) is 10.1 Å². The number of hydrogen-bond acceptors (Lipinski definition) is 5. The minimum atomic E-state index is -1.27. The van der Waals surface area contributed by atoms with Crippen molar-refractivity contribution in [2.45, 2.75) is 26.3 Å². The summed E-state index contributed by atoms with van der Waals surface area (Å²) in [5, 5.41) is 25.3. The maximum atomic E-state index is 11.5. The number of nitro benzene ring substituents is 1. The molecule has 0 spiro atoms. The van der Waals surface area contributed by atoms with Crippen molar-refractivity contribution in [2.75, 3.05) is 11.9 Å². The number of nitro groups is 1. The Morgan fingerprint density at radius 2 is 2.05 bits per heavy atom. The van der Waals surface area contributed by atoms with Crippen molar-refractivity contribution >= 4 is 23.3 Å². The van der Waals surface area contributed by atoms with E-state index in [0.717, 1.165) is 0 Å².